The van der Waals surface area contributed by atoms with E-state index in [0.29, 0.717) is 12.4 Å². The summed E-state index contributed by atoms with van der Waals surface area (Å²) in [6.07, 6.45) is 0.976. The minimum Gasteiger partial charge on any atom is -0.473 e. The largest absolute Gasteiger partial charge is 0.473 e. The first-order valence-corrected chi connectivity index (χ1v) is 6.82. The van der Waals surface area contributed by atoms with Crippen LogP contribution in [0.25, 0.3) is 0 Å². The molecule has 2 aromatic rings. The fourth-order valence-electron chi connectivity index (χ4n) is 1.64. The first-order valence-electron chi connectivity index (χ1n) is 6.09. The lowest BCUT2D eigenvalue weighted by molar-refractivity contribution is 0.104. The molecule has 1 aromatic heterocycles. The highest BCUT2D eigenvalue weighted by atomic mass is 32.1. The number of aromatic nitrogens is 2. The van der Waals surface area contributed by atoms with E-state index in [2.05, 4.69) is 33.1 Å². The molecule has 1 heterocycles. The smallest absolute Gasteiger partial charge is 0.245 e. The number of rotatable bonds is 7. The summed E-state index contributed by atoms with van der Waals surface area (Å²) in [7, 11) is 0. The Morgan fingerprint density at radius 3 is 3.00 bits per heavy atom. The zero-order valence-corrected chi connectivity index (χ0v) is 11.6. The quantitative estimate of drug-likeness (QED) is 0.801. The van der Waals surface area contributed by atoms with Crippen LogP contribution < -0.4 is 10.1 Å². The first-order chi connectivity index (χ1) is 9.25. The van der Waals surface area contributed by atoms with E-state index in [0.717, 1.165) is 18.3 Å². The van der Waals surface area contributed by atoms with Gasteiger partial charge in [0.15, 0.2) is 0 Å². The van der Waals surface area contributed by atoms with Gasteiger partial charge in [0.1, 0.15) is 18.9 Å². The minimum absolute atomic E-state index is 0.214. The van der Waals surface area contributed by atoms with E-state index in [4.69, 9.17) is 4.74 Å². The normalized spacial score (nSPS) is 12.3. The van der Waals surface area contributed by atoms with E-state index in [9.17, 15) is 5.11 Å². The topological polar surface area (TPSA) is 67.3 Å². The molecule has 0 spiro atoms. The molecule has 0 aliphatic heterocycles. The summed E-state index contributed by atoms with van der Waals surface area (Å²) in [4.78, 5) is 0. The highest BCUT2D eigenvalue weighted by Gasteiger charge is 2.06. The predicted molar refractivity (Wildman–Crippen MR) is 74.3 cm³/mol. The Labute approximate surface area is 116 Å². The van der Waals surface area contributed by atoms with Crippen LogP contribution in [0.1, 0.15) is 11.1 Å². The molecule has 2 N–H and O–H groups in total. The van der Waals surface area contributed by atoms with Gasteiger partial charge < -0.3 is 15.2 Å². The maximum Gasteiger partial charge on any atom is 0.245 e. The Hall–Kier alpha value is -1.50. The number of aliphatic hydroxyl groups excluding tert-OH is 1. The van der Waals surface area contributed by atoms with Crippen molar-refractivity contribution in [2.45, 2.75) is 19.6 Å². The Kier molecular flexibility index (Phi) is 5.26. The number of hydrogen-bond donors (Lipinski definition) is 2. The molecule has 1 aromatic carbocycles. The Balaban J connectivity index is 1.66. The fraction of sp³-hybridized carbons (Fsp3) is 0.385. The molecule has 5 nitrogen and oxygen atoms in total. The van der Waals surface area contributed by atoms with E-state index < -0.39 is 6.10 Å². The van der Waals surface area contributed by atoms with Crippen LogP contribution in [0.15, 0.2) is 30.5 Å². The summed E-state index contributed by atoms with van der Waals surface area (Å²) in [5.41, 5.74) is 2.48. The zero-order valence-electron chi connectivity index (χ0n) is 10.7. The maximum absolute atomic E-state index is 9.76. The van der Waals surface area contributed by atoms with E-state index in [-0.39, 0.29) is 6.61 Å². The van der Waals surface area contributed by atoms with Crippen LogP contribution in [0.2, 0.25) is 0 Å². The van der Waals surface area contributed by atoms with Crippen molar-refractivity contribution in [1.82, 2.24) is 14.1 Å². The lowest BCUT2D eigenvalue weighted by Gasteiger charge is -2.12. The number of nitrogens with one attached hydrogen (secondary N) is 1. The van der Waals surface area contributed by atoms with E-state index in [1.807, 2.05) is 12.1 Å². The van der Waals surface area contributed by atoms with E-state index in [1.165, 1.54) is 17.3 Å². The average molecular weight is 279 g/mol. The molecule has 0 amide bonds. The van der Waals surface area contributed by atoms with E-state index in [1.54, 1.807) is 0 Å². The minimum atomic E-state index is -0.564. The molecule has 0 radical (unpaired) electrons. The Morgan fingerprint density at radius 2 is 2.26 bits per heavy atom. The second-order valence-corrected chi connectivity index (χ2v) is 4.82. The molecule has 0 saturated carbocycles. The molecule has 1 atom stereocenters. The number of aryl methyl sites for hydroxylation is 1. The van der Waals surface area contributed by atoms with Gasteiger partial charge >= 0.3 is 0 Å². The van der Waals surface area contributed by atoms with Crippen LogP contribution in [0, 0.1) is 6.92 Å². The highest BCUT2D eigenvalue weighted by molar-refractivity contribution is 6.99. The van der Waals surface area contributed by atoms with Crippen molar-refractivity contribution in [2.75, 3.05) is 13.2 Å². The van der Waals surface area contributed by atoms with Crippen molar-refractivity contribution in [3.8, 4) is 5.88 Å². The van der Waals surface area contributed by atoms with Crippen molar-refractivity contribution in [2.24, 2.45) is 0 Å². The van der Waals surface area contributed by atoms with Crippen molar-refractivity contribution in [3.05, 3.63) is 41.6 Å². The monoisotopic (exact) mass is 279 g/mol. The molecular formula is C13H17N3O2S. The van der Waals surface area contributed by atoms with Gasteiger partial charge in [-0.25, -0.2) is 0 Å². The third-order valence-corrected chi connectivity index (χ3v) is 3.18. The van der Waals surface area contributed by atoms with Gasteiger partial charge in [0.25, 0.3) is 0 Å². The summed E-state index contributed by atoms with van der Waals surface area (Å²) in [6, 6.07) is 8.18. The third-order valence-electron chi connectivity index (χ3n) is 2.72. The summed E-state index contributed by atoms with van der Waals surface area (Å²) >= 11 is 1.09. The van der Waals surface area contributed by atoms with Gasteiger partial charge in [0.05, 0.1) is 11.7 Å². The van der Waals surface area contributed by atoms with Crippen molar-refractivity contribution >= 4 is 11.7 Å². The third kappa shape index (κ3) is 4.59. The molecule has 0 aliphatic rings. The van der Waals surface area contributed by atoms with Crippen LogP contribution in [-0.4, -0.2) is 33.1 Å². The maximum atomic E-state index is 9.76. The van der Waals surface area contributed by atoms with Crippen molar-refractivity contribution in [3.63, 3.8) is 0 Å². The molecular weight excluding hydrogens is 262 g/mol. The van der Waals surface area contributed by atoms with E-state index >= 15 is 0 Å². The Bertz CT molecular complexity index is 490. The van der Waals surface area contributed by atoms with Gasteiger partial charge in [0, 0.05) is 13.1 Å². The molecule has 0 saturated heterocycles. The van der Waals surface area contributed by atoms with Crippen LogP contribution in [-0.2, 0) is 6.54 Å². The standard InChI is InChI=1S/C13H17N3O2S/c1-10-4-2-3-5-11(10)6-14-7-12(17)9-18-13-8-15-19-16-13/h2-5,8,12,14,17H,6-7,9H2,1H3. The van der Waals surface area contributed by atoms with Crippen LogP contribution >= 0.6 is 11.7 Å². The van der Waals surface area contributed by atoms with Crippen LogP contribution in [0.5, 0.6) is 5.88 Å². The highest BCUT2D eigenvalue weighted by Crippen LogP contribution is 2.07. The summed E-state index contributed by atoms with van der Waals surface area (Å²) < 4.78 is 13.0. The van der Waals surface area contributed by atoms with Crippen molar-refractivity contribution in [1.29, 1.82) is 0 Å². The predicted octanol–water partition coefficient (Wildman–Crippen LogP) is 1.38. The zero-order chi connectivity index (χ0) is 13.5. The fourth-order valence-corrected chi connectivity index (χ4v) is 2.01. The van der Waals surface area contributed by atoms with Crippen LogP contribution in [0.4, 0.5) is 0 Å². The lowest BCUT2D eigenvalue weighted by atomic mass is 10.1. The molecule has 0 bridgehead atoms. The number of nitrogens with zero attached hydrogens (tertiary/aromatic N) is 2. The summed E-state index contributed by atoms with van der Waals surface area (Å²) in [5, 5.41) is 13.0. The van der Waals surface area contributed by atoms with Crippen LogP contribution in [0.3, 0.4) is 0 Å². The van der Waals surface area contributed by atoms with Gasteiger partial charge in [-0.05, 0) is 18.1 Å². The SMILES string of the molecule is Cc1ccccc1CNCC(O)COc1cnsn1. The number of benzene rings is 1. The van der Waals surface area contributed by atoms with Gasteiger partial charge in [0.2, 0.25) is 5.88 Å². The summed E-state index contributed by atoms with van der Waals surface area (Å²) in [5.74, 6) is 0.461. The second-order valence-electron chi connectivity index (χ2n) is 4.27. The first kappa shape index (κ1) is 13.9. The Morgan fingerprint density at radius 1 is 1.42 bits per heavy atom. The van der Waals surface area contributed by atoms with Crippen molar-refractivity contribution < 1.29 is 9.84 Å². The molecule has 0 fully saturated rings. The lowest BCUT2D eigenvalue weighted by Crippen LogP contribution is -2.31. The van der Waals surface area contributed by atoms with Gasteiger partial charge in [-0.1, -0.05) is 24.3 Å². The average Bonchev–Trinajstić information content (AvgIpc) is 2.92. The molecule has 1 unspecified atom stereocenters. The van der Waals surface area contributed by atoms with Gasteiger partial charge in [-0.15, -0.1) is 4.37 Å². The molecule has 0 aliphatic carbocycles. The second kappa shape index (κ2) is 7.18. The molecule has 6 heteroatoms. The summed E-state index contributed by atoms with van der Waals surface area (Å²) in [6.45, 7) is 3.51. The van der Waals surface area contributed by atoms with Gasteiger partial charge in [-0.3, -0.25) is 0 Å². The molecule has 19 heavy (non-hydrogen) atoms. The molecule has 2 rings (SSSR count). The number of aliphatic hydroxyl groups is 1. The number of ether oxygens (including phenoxy) is 1. The van der Waals surface area contributed by atoms with Gasteiger partial charge in [-0.2, -0.15) is 4.37 Å². The molecule has 102 valence electrons. The number of hydrogen-bond acceptors (Lipinski definition) is 6.